The summed E-state index contributed by atoms with van der Waals surface area (Å²) in [6.45, 7) is 2.99. The predicted molar refractivity (Wildman–Crippen MR) is 78.2 cm³/mol. The average molecular weight is 279 g/mol. The van der Waals surface area contributed by atoms with E-state index in [0.29, 0.717) is 6.04 Å². The Morgan fingerprint density at radius 2 is 2.39 bits per heavy atom. The van der Waals surface area contributed by atoms with Crippen molar-refractivity contribution in [3.8, 4) is 0 Å². The molecule has 96 valence electrons. The average Bonchev–Trinajstić information content (AvgIpc) is 2.88. The summed E-state index contributed by atoms with van der Waals surface area (Å²) in [5.41, 5.74) is 5.91. The first-order chi connectivity index (χ1) is 8.74. The Morgan fingerprint density at radius 1 is 1.56 bits per heavy atom. The normalized spacial score (nSPS) is 16.8. The van der Waals surface area contributed by atoms with E-state index in [1.807, 2.05) is 24.5 Å². The number of rotatable bonds is 5. The van der Waals surface area contributed by atoms with E-state index in [0.717, 1.165) is 11.7 Å². The lowest BCUT2D eigenvalue weighted by Gasteiger charge is -2.20. The van der Waals surface area contributed by atoms with E-state index in [9.17, 15) is 0 Å². The molecule has 0 aromatic carbocycles. The summed E-state index contributed by atoms with van der Waals surface area (Å²) in [5.74, 6) is 0. The molecule has 3 rings (SSSR count). The quantitative estimate of drug-likeness (QED) is 0.912. The van der Waals surface area contributed by atoms with Crippen LogP contribution in [-0.2, 0) is 6.54 Å². The lowest BCUT2D eigenvalue weighted by Crippen LogP contribution is -2.24. The van der Waals surface area contributed by atoms with Gasteiger partial charge in [-0.05, 0) is 31.2 Å². The van der Waals surface area contributed by atoms with E-state index in [2.05, 4.69) is 27.4 Å². The number of nitrogens with zero attached hydrogens (tertiary/aromatic N) is 2. The smallest absolute Gasteiger partial charge is 0.186 e. The van der Waals surface area contributed by atoms with Crippen molar-refractivity contribution in [2.75, 3.05) is 4.90 Å². The Bertz CT molecular complexity index is 500. The molecule has 1 atom stereocenters. The monoisotopic (exact) mass is 279 g/mol. The predicted octanol–water partition coefficient (Wildman–Crippen LogP) is 3.39. The lowest BCUT2D eigenvalue weighted by molar-refractivity contribution is 0.798. The summed E-state index contributed by atoms with van der Waals surface area (Å²) in [6.07, 6.45) is 4.51. The van der Waals surface area contributed by atoms with E-state index in [1.165, 1.54) is 22.6 Å². The van der Waals surface area contributed by atoms with Crippen LogP contribution in [0.3, 0.4) is 0 Å². The molecule has 2 aromatic rings. The van der Waals surface area contributed by atoms with Gasteiger partial charge in [0.25, 0.3) is 0 Å². The number of anilines is 1. The molecule has 0 amide bonds. The Hall–Kier alpha value is -0.910. The van der Waals surface area contributed by atoms with Gasteiger partial charge in [-0.2, -0.15) is 0 Å². The van der Waals surface area contributed by atoms with Crippen LogP contribution in [0.4, 0.5) is 5.13 Å². The zero-order chi connectivity index (χ0) is 12.5. The Morgan fingerprint density at radius 3 is 2.94 bits per heavy atom. The van der Waals surface area contributed by atoms with Gasteiger partial charge in [-0.15, -0.1) is 22.7 Å². The van der Waals surface area contributed by atoms with Crippen LogP contribution in [0.15, 0.2) is 23.7 Å². The molecule has 0 saturated heterocycles. The number of nitrogens with two attached hydrogens (primary N) is 1. The summed E-state index contributed by atoms with van der Waals surface area (Å²) in [4.78, 5) is 9.55. The van der Waals surface area contributed by atoms with Crippen LogP contribution < -0.4 is 10.6 Å². The lowest BCUT2D eigenvalue weighted by atomic mass is 10.3. The zero-order valence-corrected chi connectivity index (χ0v) is 12.0. The second-order valence-corrected chi connectivity index (χ2v) is 6.85. The molecule has 1 aliphatic rings. The van der Waals surface area contributed by atoms with Crippen LogP contribution >= 0.6 is 22.7 Å². The fourth-order valence-electron chi connectivity index (χ4n) is 1.93. The molecule has 2 N–H and O–H groups in total. The summed E-state index contributed by atoms with van der Waals surface area (Å²) >= 11 is 3.55. The van der Waals surface area contributed by atoms with E-state index in [4.69, 9.17) is 5.73 Å². The molecule has 0 bridgehead atoms. The van der Waals surface area contributed by atoms with Gasteiger partial charge in [0.1, 0.15) is 0 Å². The zero-order valence-electron chi connectivity index (χ0n) is 10.4. The summed E-state index contributed by atoms with van der Waals surface area (Å²) < 4.78 is 0. The highest BCUT2D eigenvalue weighted by Gasteiger charge is 2.31. The van der Waals surface area contributed by atoms with E-state index >= 15 is 0 Å². The third-order valence-corrected chi connectivity index (χ3v) is 5.20. The van der Waals surface area contributed by atoms with Gasteiger partial charge in [0.05, 0.1) is 6.54 Å². The number of aromatic nitrogens is 1. The summed E-state index contributed by atoms with van der Waals surface area (Å²) in [7, 11) is 0. The molecule has 2 aromatic heterocycles. The fraction of sp³-hybridized carbons (Fsp3) is 0.462. The third-order valence-electron chi connectivity index (χ3n) is 3.10. The van der Waals surface area contributed by atoms with Crippen LogP contribution in [0.5, 0.6) is 0 Å². The Kier molecular flexibility index (Phi) is 3.37. The van der Waals surface area contributed by atoms with Crippen LogP contribution in [-0.4, -0.2) is 11.0 Å². The minimum absolute atomic E-state index is 0.0824. The van der Waals surface area contributed by atoms with E-state index in [1.54, 1.807) is 11.3 Å². The Balaban J connectivity index is 1.80. The molecule has 1 aliphatic carbocycles. The van der Waals surface area contributed by atoms with E-state index in [-0.39, 0.29) is 6.04 Å². The first-order valence-electron chi connectivity index (χ1n) is 6.24. The second kappa shape index (κ2) is 4.99. The van der Waals surface area contributed by atoms with E-state index < -0.39 is 0 Å². The minimum atomic E-state index is 0.0824. The van der Waals surface area contributed by atoms with Gasteiger partial charge >= 0.3 is 0 Å². The number of thiophene rings is 1. The first-order valence-corrected chi connectivity index (χ1v) is 7.94. The van der Waals surface area contributed by atoms with Crippen molar-refractivity contribution in [1.82, 2.24) is 4.98 Å². The van der Waals surface area contributed by atoms with Crippen molar-refractivity contribution in [2.45, 2.75) is 38.4 Å². The van der Waals surface area contributed by atoms with Crippen molar-refractivity contribution in [2.24, 2.45) is 5.73 Å². The van der Waals surface area contributed by atoms with Crippen molar-refractivity contribution >= 4 is 27.8 Å². The Labute approximate surface area is 115 Å². The van der Waals surface area contributed by atoms with Gasteiger partial charge in [0.15, 0.2) is 5.13 Å². The molecule has 5 heteroatoms. The maximum absolute atomic E-state index is 5.91. The molecule has 1 fully saturated rings. The van der Waals surface area contributed by atoms with Crippen molar-refractivity contribution in [1.29, 1.82) is 0 Å². The standard InChI is InChI=1S/C13H17N3S2/c1-9(14)12-7-15-13(18-12)16(10-4-5-10)8-11-3-2-6-17-11/h2-3,6-7,9-10H,4-5,8,14H2,1H3. The van der Waals surface area contributed by atoms with Crippen LogP contribution in [0, 0.1) is 0 Å². The third kappa shape index (κ3) is 2.58. The fourth-order valence-corrected chi connectivity index (χ4v) is 3.57. The van der Waals surface area contributed by atoms with Crippen molar-refractivity contribution < 1.29 is 0 Å². The SMILES string of the molecule is CC(N)c1cnc(N(Cc2cccs2)C2CC2)s1. The molecule has 3 nitrogen and oxygen atoms in total. The molecule has 0 radical (unpaired) electrons. The number of hydrogen-bond acceptors (Lipinski definition) is 5. The minimum Gasteiger partial charge on any atom is -0.340 e. The van der Waals surface area contributed by atoms with Gasteiger partial charge < -0.3 is 10.6 Å². The molecular formula is C13H17N3S2. The maximum atomic E-state index is 5.91. The summed E-state index contributed by atoms with van der Waals surface area (Å²) in [5, 5.41) is 3.26. The van der Waals surface area contributed by atoms with Crippen molar-refractivity contribution in [3.63, 3.8) is 0 Å². The van der Waals surface area contributed by atoms with Gasteiger partial charge in [-0.1, -0.05) is 6.07 Å². The van der Waals surface area contributed by atoms with Crippen LogP contribution in [0.25, 0.3) is 0 Å². The highest BCUT2D eigenvalue weighted by atomic mass is 32.1. The highest BCUT2D eigenvalue weighted by molar-refractivity contribution is 7.15. The van der Waals surface area contributed by atoms with Crippen LogP contribution in [0.2, 0.25) is 0 Å². The molecule has 2 heterocycles. The van der Waals surface area contributed by atoms with Gasteiger partial charge in [0, 0.05) is 28.0 Å². The molecular weight excluding hydrogens is 262 g/mol. The molecule has 0 spiro atoms. The maximum Gasteiger partial charge on any atom is 0.186 e. The van der Waals surface area contributed by atoms with Gasteiger partial charge in [0.2, 0.25) is 0 Å². The number of thiazole rings is 1. The molecule has 1 saturated carbocycles. The highest BCUT2D eigenvalue weighted by Crippen LogP contribution is 2.36. The number of hydrogen-bond donors (Lipinski definition) is 1. The molecule has 0 aliphatic heterocycles. The van der Waals surface area contributed by atoms with Crippen LogP contribution in [0.1, 0.15) is 35.6 Å². The first kappa shape index (κ1) is 12.1. The summed E-state index contributed by atoms with van der Waals surface area (Å²) in [6, 6.07) is 5.07. The largest absolute Gasteiger partial charge is 0.340 e. The topological polar surface area (TPSA) is 42.1 Å². The van der Waals surface area contributed by atoms with Gasteiger partial charge in [-0.25, -0.2) is 4.98 Å². The molecule has 18 heavy (non-hydrogen) atoms. The second-order valence-electron chi connectivity index (χ2n) is 4.77. The molecule has 1 unspecified atom stereocenters. The van der Waals surface area contributed by atoms with Crippen molar-refractivity contribution in [3.05, 3.63) is 33.5 Å². The van der Waals surface area contributed by atoms with Gasteiger partial charge in [-0.3, -0.25) is 0 Å².